The second-order valence-electron chi connectivity index (χ2n) is 4.29. The number of rotatable bonds is 8. The average Bonchev–Trinajstić information content (AvgIpc) is 2.80. The van der Waals surface area contributed by atoms with Gasteiger partial charge in [-0.3, -0.25) is 4.90 Å². The Bertz CT molecular complexity index is 312. The smallest absolute Gasteiger partial charge is 0.122 e. The Kier molecular flexibility index (Phi) is 6.26. The standard InChI is InChI=1S/C13H24N2O2/c1-4-11(2)15(6-8-16-3)10-13-12(9-14)5-7-17-13/h5,7,11H,4,6,8-10,14H2,1-3H3. The third kappa shape index (κ3) is 4.15. The quantitative estimate of drug-likeness (QED) is 0.755. The van der Waals surface area contributed by atoms with E-state index in [0.717, 1.165) is 37.4 Å². The maximum Gasteiger partial charge on any atom is 0.122 e. The van der Waals surface area contributed by atoms with Crippen LogP contribution in [0.1, 0.15) is 31.6 Å². The number of nitrogens with two attached hydrogens (primary N) is 1. The molecule has 0 aromatic carbocycles. The van der Waals surface area contributed by atoms with Gasteiger partial charge in [-0.15, -0.1) is 0 Å². The van der Waals surface area contributed by atoms with Crippen molar-refractivity contribution in [3.05, 3.63) is 23.7 Å². The largest absolute Gasteiger partial charge is 0.468 e. The van der Waals surface area contributed by atoms with Crippen molar-refractivity contribution in [3.8, 4) is 0 Å². The van der Waals surface area contributed by atoms with Gasteiger partial charge < -0.3 is 14.9 Å². The minimum Gasteiger partial charge on any atom is -0.468 e. The molecule has 2 N–H and O–H groups in total. The van der Waals surface area contributed by atoms with Crippen LogP contribution in [0.25, 0.3) is 0 Å². The minimum atomic E-state index is 0.515. The monoisotopic (exact) mass is 240 g/mol. The normalized spacial score (nSPS) is 13.2. The molecule has 98 valence electrons. The molecule has 0 aliphatic rings. The second-order valence-corrected chi connectivity index (χ2v) is 4.29. The molecule has 1 heterocycles. The van der Waals surface area contributed by atoms with Crippen LogP contribution in [0.2, 0.25) is 0 Å². The molecular weight excluding hydrogens is 216 g/mol. The van der Waals surface area contributed by atoms with E-state index in [9.17, 15) is 0 Å². The third-order valence-electron chi connectivity index (χ3n) is 3.20. The number of furan rings is 1. The SMILES string of the molecule is CCC(C)N(CCOC)Cc1occc1CN. The van der Waals surface area contributed by atoms with Crippen LogP contribution in [0, 0.1) is 0 Å². The van der Waals surface area contributed by atoms with Gasteiger partial charge in [0.1, 0.15) is 5.76 Å². The Hall–Kier alpha value is -0.840. The summed E-state index contributed by atoms with van der Waals surface area (Å²) < 4.78 is 10.6. The van der Waals surface area contributed by atoms with Crippen molar-refractivity contribution in [1.82, 2.24) is 4.90 Å². The first kappa shape index (κ1) is 14.2. The summed E-state index contributed by atoms with van der Waals surface area (Å²) in [5, 5.41) is 0. The Labute approximate surface area is 104 Å². The maximum absolute atomic E-state index is 5.68. The molecule has 0 aliphatic heterocycles. The van der Waals surface area contributed by atoms with Crippen LogP contribution < -0.4 is 5.73 Å². The van der Waals surface area contributed by atoms with Crippen LogP contribution in [0.5, 0.6) is 0 Å². The molecule has 17 heavy (non-hydrogen) atoms. The first-order valence-corrected chi connectivity index (χ1v) is 6.21. The number of methoxy groups -OCH3 is 1. The van der Waals surface area contributed by atoms with E-state index in [-0.39, 0.29) is 0 Å². The number of ether oxygens (including phenoxy) is 1. The first-order chi connectivity index (χ1) is 8.22. The molecule has 1 atom stereocenters. The highest BCUT2D eigenvalue weighted by Gasteiger charge is 2.15. The van der Waals surface area contributed by atoms with Crippen molar-refractivity contribution in [2.24, 2.45) is 5.73 Å². The van der Waals surface area contributed by atoms with E-state index in [0.29, 0.717) is 12.6 Å². The molecule has 1 rings (SSSR count). The van der Waals surface area contributed by atoms with Crippen LogP contribution in [0.3, 0.4) is 0 Å². The zero-order valence-electron chi connectivity index (χ0n) is 11.1. The Morgan fingerprint density at radius 1 is 1.53 bits per heavy atom. The van der Waals surface area contributed by atoms with E-state index in [1.165, 1.54) is 0 Å². The summed E-state index contributed by atoms with van der Waals surface area (Å²) in [5.74, 6) is 0.976. The highest BCUT2D eigenvalue weighted by atomic mass is 16.5. The van der Waals surface area contributed by atoms with Gasteiger partial charge in [-0.1, -0.05) is 6.92 Å². The fourth-order valence-corrected chi connectivity index (χ4v) is 1.79. The highest BCUT2D eigenvalue weighted by molar-refractivity contribution is 5.16. The van der Waals surface area contributed by atoms with Gasteiger partial charge in [-0.05, 0) is 19.4 Å². The van der Waals surface area contributed by atoms with Crippen molar-refractivity contribution in [3.63, 3.8) is 0 Å². The molecule has 0 fully saturated rings. The van der Waals surface area contributed by atoms with Gasteiger partial charge in [0.2, 0.25) is 0 Å². The summed E-state index contributed by atoms with van der Waals surface area (Å²) in [6.07, 6.45) is 2.82. The molecule has 0 saturated heterocycles. The summed E-state index contributed by atoms with van der Waals surface area (Å²) in [6.45, 7) is 7.40. The average molecular weight is 240 g/mol. The zero-order valence-corrected chi connectivity index (χ0v) is 11.1. The van der Waals surface area contributed by atoms with Gasteiger partial charge >= 0.3 is 0 Å². The van der Waals surface area contributed by atoms with Crippen molar-refractivity contribution < 1.29 is 9.15 Å². The lowest BCUT2D eigenvalue weighted by atomic mass is 10.2. The van der Waals surface area contributed by atoms with Gasteiger partial charge in [0, 0.05) is 31.8 Å². The lowest BCUT2D eigenvalue weighted by molar-refractivity contribution is 0.112. The van der Waals surface area contributed by atoms with Crippen LogP contribution in [-0.4, -0.2) is 31.2 Å². The number of nitrogens with zero attached hydrogens (tertiary/aromatic N) is 1. The molecule has 0 amide bonds. The molecule has 0 saturated carbocycles. The van der Waals surface area contributed by atoms with E-state index in [1.807, 2.05) is 6.07 Å². The van der Waals surface area contributed by atoms with Crippen LogP contribution in [0.15, 0.2) is 16.7 Å². The molecule has 0 radical (unpaired) electrons. The lowest BCUT2D eigenvalue weighted by Gasteiger charge is -2.27. The first-order valence-electron chi connectivity index (χ1n) is 6.21. The molecule has 1 unspecified atom stereocenters. The predicted molar refractivity (Wildman–Crippen MR) is 68.6 cm³/mol. The van der Waals surface area contributed by atoms with E-state index in [1.54, 1.807) is 13.4 Å². The summed E-state index contributed by atoms with van der Waals surface area (Å²) in [4.78, 5) is 2.36. The van der Waals surface area contributed by atoms with Gasteiger partial charge in [0.05, 0.1) is 19.4 Å². The van der Waals surface area contributed by atoms with Crippen molar-refractivity contribution in [2.45, 2.75) is 39.4 Å². The number of hydrogen-bond acceptors (Lipinski definition) is 4. The minimum absolute atomic E-state index is 0.515. The summed E-state index contributed by atoms with van der Waals surface area (Å²) in [7, 11) is 1.73. The molecular formula is C13H24N2O2. The molecule has 1 aromatic rings. The molecule has 0 aliphatic carbocycles. The van der Waals surface area contributed by atoms with E-state index < -0.39 is 0 Å². The Balaban J connectivity index is 2.64. The fourth-order valence-electron chi connectivity index (χ4n) is 1.79. The fraction of sp³-hybridized carbons (Fsp3) is 0.692. The summed E-state index contributed by atoms with van der Waals surface area (Å²) in [6, 6.07) is 2.46. The molecule has 4 heteroatoms. The third-order valence-corrected chi connectivity index (χ3v) is 3.20. The zero-order chi connectivity index (χ0) is 12.7. The predicted octanol–water partition coefficient (Wildman–Crippen LogP) is 1.99. The topological polar surface area (TPSA) is 51.6 Å². The molecule has 0 spiro atoms. The van der Waals surface area contributed by atoms with Crippen LogP contribution in [-0.2, 0) is 17.8 Å². The van der Waals surface area contributed by atoms with Crippen molar-refractivity contribution >= 4 is 0 Å². The van der Waals surface area contributed by atoms with E-state index in [4.69, 9.17) is 14.9 Å². The maximum atomic E-state index is 5.68. The van der Waals surface area contributed by atoms with Crippen LogP contribution >= 0.6 is 0 Å². The lowest BCUT2D eigenvalue weighted by Crippen LogP contribution is -2.35. The second kappa shape index (κ2) is 7.48. The van der Waals surface area contributed by atoms with Gasteiger partial charge in [-0.25, -0.2) is 0 Å². The summed E-state index contributed by atoms with van der Waals surface area (Å²) >= 11 is 0. The van der Waals surface area contributed by atoms with Gasteiger partial charge in [0.15, 0.2) is 0 Å². The summed E-state index contributed by atoms with van der Waals surface area (Å²) in [5.41, 5.74) is 6.77. The van der Waals surface area contributed by atoms with Crippen LogP contribution in [0.4, 0.5) is 0 Å². The Morgan fingerprint density at radius 3 is 2.88 bits per heavy atom. The van der Waals surface area contributed by atoms with Crippen molar-refractivity contribution in [1.29, 1.82) is 0 Å². The molecule has 1 aromatic heterocycles. The Morgan fingerprint density at radius 2 is 2.29 bits per heavy atom. The molecule has 0 bridgehead atoms. The van der Waals surface area contributed by atoms with E-state index in [2.05, 4.69) is 18.7 Å². The molecule has 4 nitrogen and oxygen atoms in total. The van der Waals surface area contributed by atoms with Gasteiger partial charge in [0.25, 0.3) is 0 Å². The van der Waals surface area contributed by atoms with Gasteiger partial charge in [-0.2, -0.15) is 0 Å². The van der Waals surface area contributed by atoms with E-state index >= 15 is 0 Å². The van der Waals surface area contributed by atoms with Crippen molar-refractivity contribution in [2.75, 3.05) is 20.3 Å². The highest BCUT2D eigenvalue weighted by Crippen LogP contribution is 2.15. The number of hydrogen-bond donors (Lipinski definition) is 1.